The van der Waals surface area contributed by atoms with E-state index in [2.05, 4.69) is 25.8 Å². The number of aliphatic imine (C=N–C) groups is 1. The summed E-state index contributed by atoms with van der Waals surface area (Å²) in [5.74, 6) is 4.02. The average Bonchev–Trinajstić information content (AvgIpc) is 3.30. The number of cyclic esters (lactones) is 1. The van der Waals surface area contributed by atoms with Crippen LogP contribution in [0.1, 0.15) is 78.6 Å². The molecule has 4 aliphatic carbocycles. The van der Waals surface area contributed by atoms with E-state index in [0.717, 1.165) is 23.7 Å². The van der Waals surface area contributed by atoms with Gasteiger partial charge in [0.15, 0.2) is 5.96 Å². The number of nitrogens with two attached hydrogens (primary N) is 2. The van der Waals surface area contributed by atoms with E-state index >= 15 is 0 Å². The summed E-state index contributed by atoms with van der Waals surface area (Å²) < 4.78 is 5.30. The molecule has 9 atom stereocenters. The first-order valence-electron chi connectivity index (χ1n) is 12.8. The second-order valence-corrected chi connectivity index (χ2v) is 13.5. The molecule has 1 unspecified atom stereocenters. The summed E-state index contributed by atoms with van der Waals surface area (Å²) in [6, 6.07) is 0. The zero-order valence-corrected chi connectivity index (χ0v) is 20.8. The lowest BCUT2D eigenvalue weighted by molar-refractivity contribution is -0.135. The molecule has 4 N–H and O–H groups in total. The molecule has 1 aliphatic heterocycles. The van der Waals surface area contributed by atoms with Gasteiger partial charge in [-0.3, -0.25) is 0 Å². The van der Waals surface area contributed by atoms with Crippen LogP contribution in [0.5, 0.6) is 0 Å². The number of carbonyl (C=O) groups is 1. The standard InChI is InChI=1S/C26H41N3O2S/c1-15(29-24(27)28)32-18-8-10-25(2)17(13-18)4-5-19-21-7-6-20(16-12-23(30)31-14-16)26(21,3)11-9-22(19)25/h12,15,17-22H,4-11,13-14H2,1-3H3,(H4,27,28,29)/t15?,17-,18-,19-,20+,21-,22-,25-,26+/m0/s1. The second kappa shape index (κ2) is 8.25. The van der Waals surface area contributed by atoms with Gasteiger partial charge in [-0.05, 0) is 111 Å². The number of esters is 1. The van der Waals surface area contributed by atoms with Crippen molar-refractivity contribution in [2.24, 2.45) is 56.9 Å². The van der Waals surface area contributed by atoms with Crippen molar-refractivity contribution in [3.8, 4) is 0 Å². The molecule has 4 saturated carbocycles. The molecular weight excluding hydrogens is 418 g/mol. The van der Waals surface area contributed by atoms with Crippen molar-refractivity contribution in [1.29, 1.82) is 0 Å². The minimum absolute atomic E-state index is 0.127. The third kappa shape index (κ3) is 3.69. The van der Waals surface area contributed by atoms with Gasteiger partial charge < -0.3 is 16.2 Å². The van der Waals surface area contributed by atoms with Crippen LogP contribution in [0.15, 0.2) is 16.6 Å². The largest absolute Gasteiger partial charge is 0.458 e. The zero-order valence-electron chi connectivity index (χ0n) is 20.0. The Bertz CT molecular complexity index is 824. The first-order chi connectivity index (χ1) is 15.2. The van der Waals surface area contributed by atoms with Crippen LogP contribution in [-0.4, -0.2) is 29.2 Å². The number of thioether (sulfide) groups is 1. The molecular formula is C26H41N3O2S. The van der Waals surface area contributed by atoms with Gasteiger partial charge in [-0.25, -0.2) is 9.79 Å². The van der Waals surface area contributed by atoms with Crippen LogP contribution in [-0.2, 0) is 9.53 Å². The average molecular weight is 460 g/mol. The fourth-order valence-corrected chi connectivity index (χ4v) is 10.4. The summed E-state index contributed by atoms with van der Waals surface area (Å²) in [6.45, 7) is 7.83. The smallest absolute Gasteiger partial charge is 0.331 e. The molecule has 0 bridgehead atoms. The Labute approximate surface area is 197 Å². The number of hydrogen-bond acceptors (Lipinski definition) is 4. The summed E-state index contributed by atoms with van der Waals surface area (Å²) >= 11 is 1.97. The van der Waals surface area contributed by atoms with E-state index in [1.165, 1.54) is 63.4 Å². The molecule has 0 aromatic carbocycles. The summed E-state index contributed by atoms with van der Waals surface area (Å²) in [5.41, 5.74) is 13.3. The van der Waals surface area contributed by atoms with Crippen molar-refractivity contribution in [3.05, 3.63) is 11.6 Å². The maximum Gasteiger partial charge on any atom is 0.331 e. The fraction of sp³-hybridized carbons (Fsp3) is 0.846. The topological polar surface area (TPSA) is 90.7 Å². The van der Waals surface area contributed by atoms with Crippen LogP contribution < -0.4 is 11.5 Å². The maximum absolute atomic E-state index is 11.7. The lowest BCUT2D eigenvalue weighted by atomic mass is 9.44. The SMILES string of the molecule is CC(N=C(N)N)S[C@H]1CC[C@@]2(C)[C@@H](CC[C@@H]3[C@@H]2CC[C@]2(C)[C@@H](C4=CC(=O)OC4)CC[C@@H]32)C1. The molecule has 0 spiro atoms. The number of nitrogens with zero attached hydrogens (tertiary/aromatic N) is 1. The van der Waals surface area contributed by atoms with Gasteiger partial charge in [0.2, 0.25) is 0 Å². The van der Waals surface area contributed by atoms with Gasteiger partial charge in [-0.1, -0.05) is 13.8 Å². The van der Waals surface area contributed by atoms with E-state index in [4.69, 9.17) is 16.2 Å². The molecule has 0 aromatic rings. The van der Waals surface area contributed by atoms with Gasteiger partial charge in [0.25, 0.3) is 0 Å². The van der Waals surface area contributed by atoms with E-state index in [9.17, 15) is 4.79 Å². The Hall–Kier alpha value is -1.17. The van der Waals surface area contributed by atoms with Crippen LogP contribution in [0.3, 0.4) is 0 Å². The van der Waals surface area contributed by atoms with E-state index in [0.29, 0.717) is 28.6 Å². The number of rotatable bonds is 4. The highest BCUT2D eigenvalue weighted by atomic mass is 32.2. The number of ether oxygens (including phenoxy) is 1. The third-order valence-electron chi connectivity index (χ3n) is 10.5. The van der Waals surface area contributed by atoms with Crippen LogP contribution in [0.4, 0.5) is 0 Å². The minimum Gasteiger partial charge on any atom is -0.458 e. The number of hydrogen-bond donors (Lipinski definition) is 2. The van der Waals surface area contributed by atoms with Crippen LogP contribution in [0.2, 0.25) is 0 Å². The quantitative estimate of drug-likeness (QED) is 0.356. The van der Waals surface area contributed by atoms with Crippen LogP contribution >= 0.6 is 11.8 Å². The first-order valence-corrected chi connectivity index (χ1v) is 13.8. The maximum atomic E-state index is 11.7. The third-order valence-corrected chi connectivity index (χ3v) is 11.8. The highest BCUT2D eigenvalue weighted by Gasteiger charge is 2.60. The van der Waals surface area contributed by atoms with E-state index < -0.39 is 0 Å². The first kappa shape index (κ1) is 22.6. The molecule has 0 radical (unpaired) electrons. The van der Waals surface area contributed by atoms with Gasteiger partial charge in [0.1, 0.15) is 6.61 Å². The fourth-order valence-electron chi connectivity index (χ4n) is 9.06. The molecule has 0 amide bonds. The highest BCUT2D eigenvalue weighted by Crippen LogP contribution is 2.68. The summed E-state index contributed by atoms with van der Waals surface area (Å²) in [7, 11) is 0. The van der Waals surface area contributed by atoms with Gasteiger partial charge >= 0.3 is 5.97 Å². The van der Waals surface area contributed by atoms with Gasteiger partial charge in [-0.15, -0.1) is 11.8 Å². The van der Waals surface area contributed by atoms with Crippen LogP contribution in [0.25, 0.3) is 0 Å². The monoisotopic (exact) mass is 459 g/mol. The molecule has 0 aromatic heterocycles. The molecule has 178 valence electrons. The number of guanidine groups is 1. The molecule has 5 aliphatic rings. The van der Waals surface area contributed by atoms with E-state index in [-0.39, 0.29) is 17.3 Å². The molecule has 4 fully saturated rings. The van der Waals surface area contributed by atoms with Gasteiger partial charge in [0.05, 0.1) is 5.37 Å². The Balaban J connectivity index is 1.29. The lowest BCUT2D eigenvalue weighted by Crippen LogP contribution is -2.53. The minimum atomic E-state index is -0.127. The normalized spacial score (nSPS) is 46.3. The Kier molecular flexibility index (Phi) is 5.83. The summed E-state index contributed by atoms with van der Waals surface area (Å²) in [6.07, 6.45) is 13.8. The van der Waals surface area contributed by atoms with Crippen molar-refractivity contribution in [3.63, 3.8) is 0 Å². The lowest BCUT2D eigenvalue weighted by Gasteiger charge is -2.61. The van der Waals surface area contributed by atoms with E-state index in [1.807, 2.05) is 17.8 Å². The second-order valence-electron chi connectivity index (χ2n) is 11.8. The van der Waals surface area contributed by atoms with Crippen molar-refractivity contribution in [1.82, 2.24) is 0 Å². The molecule has 32 heavy (non-hydrogen) atoms. The Morgan fingerprint density at radius 3 is 2.56 bits per heavy atom. The van der Waals surface area contributed by atoms with Crippen molar-refractivity contribution in [2.45, 2.75) is 89.2 Å². The molecule has 6 heteroatoms. The zero-order chi connectivity index (χ0) is 22.7. The summed E-state index contributed by atoms with van der Waals surface area (Å²) in [5, 5.41) is 0.830. The van der Waals surface area contributed by atoms with Crippen LogP contribution in [0, 0.1) is 40.4 Å². The van der Waals surface area contributed by atoms with Crippen molar-refractivity contribution >= 4 is 23.7 Å². The highest BCUT2D eigenvalue weighted by molar-refractivity contribution is 8.00. The van der Waals surface area contributed by atoms with E-state index in [1.54, 1.807) is 0 Å². The number of carbonyl (C=O) groups excluding carboxylic acids is 1. The predicted molar refractivity (Wildman–Crippen MR) is 131 cm³/mol. The Morgan fingerprint density at radius 2 is 1.84 bits per heavy atom. The van der Waals surface area contributed by atoms with Crippen molar-refractivity contribution < 1.29 is 9.53 Å². The Morgan fingerprint density at radius 1 is 1.09 bits per heavy atom. The predicted octanol–water partition coefficient (Wildman–Crippen LogP) is 4.85. The molecule has 5 nitrogen and oxygen atoms in total. The van der Waals surface area contributed by atoms with Crippen molar-refractivity contribution in [2.75, 3.05) is 6.61 Å². The van der Waals surface area contributed by atoms with Gasteiger partial charge in [-0.2, -0.15) is 0 Å². The van der Waals surface area contributed by atoms with Gasteiger partial charge in [0, 0.05) is 11.3 Å². The molecule has 5 rings (SSSR count). The number of fused-ring (bicyclic) bond motifs is 5. The summed E-state index contributed by atoms with van der Waals surface area (Å²) in [4.78, 5) is 16.1. The molecule has 1 heterocycles. The molecule has 0 saturated heterocycles.